The van der Waals surface area contributed by atoms with Gasteiger partial charge in [0, 0.05) is 23.2 Å². The van der Waals surface area contributed by atoms with Crippen LogP contribution < -0.4 is 10.1 Å². The van der Waals surface area contributed by atoms with E-state index >= 15 is 0 Å². The third-order valence-electron chi connectivity index (χ3n) is 5.28. The molecule has 0 saturated carbocycles. The molecule has 0 amide bonds. The Morgan fingerprint density at radius 2 is 1.65 bits per heavy atom. The number of ether oxygens (including phenoxy) is 1. The van der Waals surface area contributed by atoms with Crippen molar-refractivity contribution in [3.05, 3.63) is 63.6 Å². The topological polar surface area (TPSA) is 21.3 Å². The molecule has 3 heterocycles. The molecule has 2 saturated heterocycles. The van der Waals surface area contributed by atoms with Gasteiger partial charge in [0.15, 0.2) is 0 Å². The highest BCUT2D eigenvalue weighted by molar-refractivity contribution is 9.10. The summed E-state index contributed by atoms with van der Waals surface area (Å²) < 4.78 is 7.23. The smallest absolute Gasteiger partial charge is 0.149 e. The molecular weight excluding hydrogens is 350 g/mol. The van der Waals surface area contributed by atoms with Crippen LogP contribution in [0.1, 0.15) is 36.8 Å². The highest BCUT2D eigenvalue weighted by Gasteiger charge is 2.34. The monoisotopic (exact) mass is 367 g/mol. The lowest BCUT2D eigenvalue weighted by Gasteiger charge is -2.30. The fourth-order valence-electron chi connectivity index (χ4n) is 4.31. The first-order valence-corrected chi connectivity index (χ1v) is 9.13. The van der Waals surface area contributed by atoms with Crippen molar-refractivity contribution in [3.8, 4) is 11.5 Å². The van der Waals surface area contributed by atoms with Crippen LogP contribution in [0.4, 0.5) is 0 Å². The summed E-state index contributed by atoms with van der Waals surface area (Å²) in [4.78, 5) is 0. The Hall–Kier alpha value is -1.58. The van der Waals surface area contributed by atoms with E-state index < -0.39 is 0 Å². The Morgan fingerprint density at radius 3 is 2.48 bits per heavy atom. The first-order chi connectivity index (χ1) is 11.3. The van der Waals surface area contributed by atoms with E-state index in [1.54, 1.807) is 5.57 Å². The number of nitrogens with one attached hydrogen (secondary N) is 1. The molecule has 3 aliphatic rings. The van der Waals surface area contributed by atoms with E-state index in [-0.39, 0.29) is 0 Å². The summed E-state index contributed by atoms with van der Waals surface area (Å²) in [5.41, 5.74) is 5.47. The van der Waals surface area contributed by atoms with Crippen LogP contribution >= 0.6 is 15.9 Å². The first-order valence-electron chi connectivity index (χ1n) is 8.34. The molecule has 2 unspecified atom stereocenters. The number of rotatable bonds is 0. The molecule has 2 bridgehead atoms. The van der Waals surface area contributed by atoms with Gasteiger partial charge in [-0.25, -0.2) is 0 Å². The van der Waals surface area contributed by atoms with Gasteiger partial charge in [-0.15, -0.1) is 0 Å². The van der Waals surface area contributed by atoms with Gasteiger partial charge in [-0.2, -0.15) is 0 Å². The summed E-state index contributed by atoms with van der Waals surface area (Å²) >= 11 is 3.66. The highest BCUT2D eigenvalue weighted by Crippen LogP contribution is 2.49. The molecule has 0 spiro atoms. The molecule has 0 aromatic heterocycles. The molecule has 116 valence electrons. The van der Waals surface area contributed by atoms with Crippen molar-refractivity contribution in [2.75, 3.05) is 0 Å². The van der Waals surface area contributed by atoms with E-state index in [0.29, 0.717) is 12.1 Å². The summed E-state index contributed by atoms with van der Waals surface area (Å²) in [6, 6.07) is 16.1. The average Bonchev–Trinajstić information content (AvgIpc) is 2.91. The third kappa shape index (κ3) is 2.18. The number of para-hydroxylation sites is 2. The average molecular weight is 368 g/mol. The Bertz CT molecular complexity index is 812. The quantitative estimate of drug-likeness (QED) is 0.584. The predicted molar refractivity (Wildman–Crippen MR) is 95.9 cm³/mol. The highest BCUT2D eigenvalue weighted by atomic mass is 79.9. The molecular formula is C20H18BrNO. The van der Waals surface area contributed by atoms with E-state index in [1.807, 2.05) is 0 Å². The van der Waals surface area contributed by atoms with Crippen LogP contribution in [0.5, 0.6) is 11.5 Å². The summed E-state index contributed by atoms with van der Waals surface area (Å²) in [6.45, 7) is 0. The van der Waals surface area contributed by atoms with Crippen molar-refractivity contribution in [2.24, 2.45) is 0 Å². The molecule has 3 aliphatic heterocycles. The van der Waals surface area contributed by atoms with Gasteiger partial charge in [0.25, 0.3) is 0 Å². The number of piperidine rings is 1. The molecule has 2 atom stereocenters. The van der Waals surface area contributed by atoms with Crippen LogP contribution in [-0.4, -0.2) is 12.1 Å². The van der Waals surface area contributed by atoms with E-state index in [9.17, 15) is 0 Å². The van der Waals surface area contributed by atoms with Gasteiger partial charge < -0.3 is 10.1 Å². The van der Waals surface area contributed by atoms with E-state index in [1.165, 1.54) is 29.5 Å². The Kier molecular flexibility index (Phi) is 3.14. The maximum atomic E-state index is 6.20. The minimum absolute atomic E-state index is 0.655. The number of benzene rings is 2. The number of hydrogen-bond acceptors (Lipinski definition) is 2. The molecule has 0 aliphatic carbocycles. The second-order valence-corrected chi connectivity index (χ2v) is 7.59. The summed E-state index contributed by atoms with van der Waals surface area (Å²) in [5, 5.41) is 3.74. The molecule has 3 heteroatoms. The van der Waals surface area contributed by atoms with Crippen LogP contribution in [0.2, 0.25) is 0 Å². The van der Waals surface area contributed by atoms with Crippen LogP contribution in [0.15, 0.2) is 52.5 Å². The van der Waals surface area contributed by atoms with Crippen molar-refractivity contribution in [2.45, 2.75) is 37.8 Å². The number of fused-ring (bicyclic) bond motifs is 4. The standard InChI is InChI=1S/C20H18BrNO/c21-17-6-3-5-16-19(12-10-13-8-9-14(11-12)22-13)15-4-1-2-7-18(15)23-20(16)17/h1-7,13-14,22H,8-11H2. The van der Waals surface area contributed by atoms with Crippen molar-refractivity contribution in [1.82, 2.24) is 5.32 Å². The van der Waals surface area contributed by atoms with Crippen LogP contribution in [0.3, 0.4) is 0 Å². The van der Waals surface area contributed by atoms with Gasteiger partial charge >= 0.3 is 0 Å². The van der Waals surface area contributed by atoms with E-state index in [2.05, 4.69) is 63.7 Å². The van der Waals surface area contributed by atoms with Gasteiger partial charge in [0.1, 0.15) is 11.5 Å². The van der Waals surface area contributed by atoms with Crippen LogP contribution in [0.25, 0.3) is 5.57 Å². The van der Waals surface area contributed by atoms with E-state index in [0.717, 1.165) is 28.8 Å². The minimum Gasteiger partial charge on any atom is -0.455 e. The summed E-state index contributed by atoms with van der Waals surface area (Å²) in [6.07, 6.45) is 4.94. The zero-order chi connectivity index (χ0) is 15.4. The largest absolute Gasteiger partial charge is 0.455 e. The lowest BCUT2D eigenvalue weighted by atomic mass is 9.84. The fourth-order valence-corrected chi connectivity index (χ4v) is 4.76. The van der Waals surface area contributed by atoms with Gasteiger partial charge in [-0.3, -0.25) is 0 Å². The third-order valence-corrected chi connectivity index (χ3v) is 5.90. The van der Waals surface area contributed by atoms with Crippen molar-refractivity contribution < 1.29 is 4.74 Å². The van der Waals surface area contributed by atoms with Gasteiger partial charge in [0.2, 0.25) is 0 Å². The van der Waals surface area contributed by atoms with Crippen molar-refractivity contribution >= 4 is 21.5 Å². The fraction of sp³-hybridized carbons (Fsp3) is 0.300. The lowest BCUT2D eigenvalue weighted by molar-refractivity contribution is 0.463. The predicted octanol–water partition coefficient (Wildman–Crippen LogP) is 5.27. The van der Waals surface area contributed by atoms with E-state index in [4.69, 9.17) is 4.74 Å². The summed E-state index contributed by atoms with van der Waals surface area (Å²) in [7, 11) is 0. The molecule has 1 N–H and O–H groups in total. The maximum Gasteiger partial charge on any atom is 0.149 e. The van der Waals surface area contributed by atoms with Crippen molar-refractivity contribution in [1.29, 1.82) is 0 Å². The van der Waals surface area contributed by atoms with Crippen molar-refractivity contribution in [3.63, 3.8) is 0 Å². The second-order valence-electron chi connectivity index (χ2n) is 6.74. The van der Waals surface area contributed by atoms with Gasteiger partial charge in [-0.05, 0) is 59.3 Å². The molecule has 2 nitrogen and oxygen atoms in total. The Morgan fingerprint density at radius 1 is 0.913 bits per heavy atom. The minimum atomic E-state index is 0.655. The molecule has 23 heavy (non-hydrogen) atoms. The van der Waals surface area contributed by atoms with Gasteiger partial charge in [0.05, 0.1) is 4.47 Å². The normalized spacial score (nSPS) is 24.9. The number of halogens is 1. The molecule has 2 fully saturated rings. The molecule has 5 rings (SSSR count). The molecule has 0 radical (unpaired) electrons. The lowest BCUT2D eigenvalue weighted by Crippen LogP contribution is -2.35. The van der Waals surface area contributed by atoms with Crippen LogP contribution in [0, 0.1) is 0 Å². The number of hydrogen-bond donors (Lipinski definition) is 1. The maximum absolute atomic E-state index is 6.20. The Labute approximate surface area is 144 Å². The van der Waals surface area contributed by atoms with Gasteiger partial charge in [-0.1, -0.05) is 35.9 Å². The molecule has 2 aromatic rings. The summed E-state index contributed by atoms with van der Waals surface area (Å²) in [5.74, 6) is 1.93. The zero-order valence-electron chi connectivity index (χ0n) is 12.8. The first kappa shape index (κ1) is 13.8. The second kappa shape index (κ2) is 5.22. The molecule has 2 aromatic carbocycles. The SMILES string of the molecule is Brc1cccc2c1Oc1ccccc1C2=C1CC2CCC(C1)N2. The Balaban J connectivity index is 1.76. The zero-order valence-corrected chi connectivity index (χ0v) is 14.4. The van der Waals surface area contributed by atoms with Crippen LogP contribution in [-0.2, 0) is 0 Å².